The number of piperidine rings is 2. The fourth-order valence-corrected chi connectivity index (χ4v) is 2.92. The highest BCUT2D eigenvalue weighted by molar-refractivity contribution is 6.00. The molecule has 18 heavy (non-hydrogen) atoms. The minimum atomic E-state index is -0.204. The average Bonchev–Trinajstić information content (AvgIpc) is 2.32. The lowest BCUT2D eigenvalue weighted by Gasteiger charge is -2.36. The highest BCUT2D eigenvalue weighted by Gasteiger charge is 2.30. The van der Waals surface area contributed by atoms with Crippen LogP contribution in [-0.4, -0.2) is 48.9 Å². The van der Waals surface area contributed by atoms with Crippen molar-refractivity contribution >= 4 is 11.8 Å². The van der Waals surface area contributed by atoms with Crippen molar-refractivity contribution in [1.29, 1.82) is 0 Å². The summed E-state index contributed by atoms with van der Waals surface area (Å²) in [6, 6.07) is 0.113. The van der Waals surface area contributed by atoms with Gasteiger partial charge in [-0.05, 0) is 45.7 Å². The normalized spacial score (nSPS) is 32.1. The van der Waals surface area contributed by atoms with Gasteiger partial charge in [-0.3, -0.25) is 14.9 Å². The molecular formula is C13H23N3O2. The van der Waals surface area contributed by atoms with Crippen molar-refractivity contribution in [1.82, 2.24) is 15.5 Å². The fraction of sp³-hybridized carbons (Fsp3) is 0.846. The lowest BCUT2D eigenvalue weighted by atomic mass is 9.91. The van der Waals surface area contributed by atoms with E-state index in [0.29, 0.717) is 24.8 Å². The van der Waals surface area contributed by atoms with Crippen molar-refractivity contribution in [3.05, 3.63) is 0 Å². The smallest absolute Gasteiger partial charge is 0.243 e. The van der Waals surface area contributed by atoms with Gasteiger partial charge in [0.1, 0.15) is 0 Å². The Morgan fingerprint density at radius 2 is 2.17 bits per heavy atom. The second-order valence-corrected chi connectivity index (χ2v) is 5.62. The van der Waals surface area contributed by atoms with E-state index in [1.807, 2.05) is 0 Å². The van der Waals surface area contributed by atoms with Gasteiger partial charge in [0.25, 0.3) is 0 Å². The lowest BCUT2D eigenvalue weighted by Crippen LogP contribution is -2.55. The highest BCUT2D eigenvalue weighted by Crippen LogP contribution is 2.19. The Morgan fingerprint density at radius 3 is 2.83 bits per heavy atom. The summed E-state index contributed by atoms with van der Waals surface area (Å²) in [5, 5.41) is 5.78. The Balaban J connectivity index is 1.84. The van der Waals surface area contributed by atoms with Crippen LogP contribution in [0.3, 0.4) is 0 Å². The average molecular weight is 253 g/mol. The predicted octanol–water partition coefficient (Wildman–Crippen LogP) is 0.112. The Hall–Kier alpha value is -0.940. The zero-order chi connectivity index (χ0) is 13.1. The zero-order valence-electron chi connectivity index (χ0n) is 11.2. The van der Waals surface area contributed by atoms with Gasteiger partial charge in [0, 0.05) is 19.0 Å². The molecule has 2 aliphatic heterocycles. The molecule has 2 fully saturated rings. The third-order valence-corrected chi connectivity index (χ3v) is 4.07. The second kappa shape index (κ2) is 5.80. The molecule has 2 rings (SSSR count). The van der Waals surface area contributed by atoms with Crippen molar-refractivity contribution < 1.29 is 9.59 Å². The maximum atomic E-state index is 11.7. The SMILES string of the molecule is CC(NC1CCC(=O)NC1=O)C1CCCN(C)C1. The third-order valence-electron chi connectivity index (χ3n) is 4.07. The van der Waals surface area contributed by atoms with E-state index >= 15 is 0 Å². The first-order valence-corrected chi connectivity index (χ1v) is 6.84. The summed E-state index contributed by atoms with van der Waals surface area (Å²) in [6.07, 6.45) is 3.51. The minimum Gasteiger partial charge on any atom is -0.306 e. The molecule has 0 aromatic rings. The van der Waals surface area contributed by atoms with Crippen LogP contribution in [0, 0.1) is 5.92 Å². The van der Waals surface area contributed by atoms with E-state index in [4.69, 9.17) is 0 Å². The van der Waals surface area contributed by atoms with Crippen molar-refractivity contribution in [3.8, 4) is 0 Å². The molecule has 2 N–H and O–H groups in total. The molecule has 5 nitrogen and oxygen atoms in total. The van der Waals surface area contributed by atoms with Crippen LogP contribution in [0.1, 0.15) is 32.6 Å². The zero-order valence-corrected chi connectivity index (χ0v) is 11.2. The van der Waals surface area contributed by atoms with Crippen LogP contribution in [0.25, 0.3) is 0 Å². The molecule has 0 saturated carbocycles. The van der Waals surface area contributed by atoms with E-state index in [0.717, 1.165) is 6.54 Å². The number of amides is 2. The van der Waals surface area contributed by atoms with Crippen molar-refractivity contribution in [3.63, 3.8) is 0 Å². The van der Waals surface area contributed by atoms with Gasteiger partial charge in [0.15, 0.2) is 0 Å². The van der Waals surface area contributed by atoms with Crippen LogP contribution in [0.4, 0.5) is 0 Å². The van der Waals surface area contributed by atoms with Gasteiger partial charge in [0.2, 0.25) is 11.8 Å². The first-order chi connectivity index (χ1) is 8.56. The van der Waals surface area contributed by atoms with Crippen LogP contribution in [-0.2, 0) is 9.59 Å². The van der Waals surface area contributed by atoms with Gasteiger partial charge in [0.05, 0.1) is 6.04 Å². The molecule has 3 unspecified atom stereocenters. The lowest BCUT2D eigenvalue weighted by molar-refractivity contribution is -0.135. The number of carbonyl (C=O) groups is 2. The van der Waals surface area contributed by atoms with Crippen LogP contribution in [0.2, 0.25) is 0 Å². The Kier molecular flexibility index (Phi) is 4.35. The molecule has 2 aliphatic rings. The Bertz CT molecular complexity index is 332. The molecule has 5 heteroatoms. The Morgan fingerprint density at radius 1 is 1.39 bits per heavy atom. The summed E-state index contributed by atoms with van der Waals surface area (Å²) in [4.78, 5) is 25.1. The molecule has 0 radical (unpaired) electrons. The largest absolute Gasteiger partial charge is 0.306 e. The second-order valence-electron chi connectivity index (χ2n) is 5.62. The summed E-state index contributed by atoms with van der Waals surface area (Å²) in [5.74, 6) is 0.277. The molecule has 0 bridgehead atoms. The van der Waals surface area contributed by atoms with E-state index < -0.39 is 0 Å². The van der Waals surface area contributed by atoms with Crippen LogP contribution in [0.5, 0.6) is 0 Å². The summed E-state index contributed by atoms with van der Waals surface area (Å²) in [5.41, 5.74) is 0. The van der Waals surface area contributed by atoms with E-state index in [1.165, 1.54) is 19.4 Å². The number of nitrogens with zero attached hydrogens (tertiary/aromatic N) is 1. The molecule has 102 valence electrons. The highest BCUT2D eigenvalue weighted by atomic mass is 16.2. The number of hydrogen-bond acceptors (Lipinski definition) is 4. The summed E-state index contributed by atoms with van der Waals surface area (Å²) in [7, 11) is 2.14. The molecular weight excluding hydrogens is 230 g/mol. The predicted molar refractivity (Wildman–Crippen MR) is 69.0 cm³/mol. The number of rotatable bonds is 3. The maximum absolute atomic E-state index is 11.7. The number of nitrogens with one attached hydrogen (secondary N) is 2. The van der Waals surface area contributed by atoms with Gasteiger partial charge in [-0.2, -0.15) is 0 Å². The molecule has 0 aromatic carbocycles. The van der Waals surface area contributed by atoms with Crippen molar-refractivity contribution in [2.75, 3.05) is 20.1 Å². The number of imide groups is 1. The van der Waals surface area contributed by atoms with Crippen molar-refractivity contribution in [2.24, 2.45) is 5.92 Å². The number of hydrogen-bond donors (Lipinski definition) is 2. The minimum absolute atomic E-state index is 0.150. The topological polar surface area (TPSA) is 61.4 Å². The van der Waals surface area contributed by atoms with Crippen LogP contribution in [0.15, 0.2) is 0 Å². The number of likely N-dealkylation sites (tertiary alicyclic amines) is 1. The molecule has 0 spiro atoms. The quantitative estimate of drug-likeness (QED) is 0.701. The van der Waals surface area contributed by atoms with Crippen LogP contribution < -0.4 is 10.6 Å². The molecule has 0 aromatic heterocycles. The Labute approximate surface area is 108 Å². The van der Waals surface area contributed by atoms with E-state index in [9.17, 15) is 9.59 Å². The van der Waals surface area contributed by atoms with Gasteiger partial charge in [-0.15, -0.1) is 0 Å². The van der Waals surface area contributed by atoms with E-state index in [-0.39, 0.29) is 17.9 Å². The van der Waals surface area contributed by atoms with Crippen LogP contribution >= 0.6 is 0 Å². The molecule has 2 heterocycles. The summed E-state index contributed by atoms with van der Waals surface area (Å²) < 4.78 is 0. The van der Waals surface area contributed by atoms with Gasteiger partial charge in [-0.25, -0.2) is 0 Å². The van der Waals surface area contributed by atoms with Crippen molar-refractivity contribution in [2.45, 2.75) is 44.7 Å². The third kappa shape index (κ3) is 3.29. The monoisotopic (exact) mass is 253 g/mol. The first kappa shape index (κ1) is 13.5. The first-order valence-electron chi connectivity index (χ1n) is 6.84. The van der Waals surface area contributed by atoms with Gasteiger partial charge >= 0.3 is 0 Å². The van der Waals surface area contributed by atoms with E-state index in [2.05, 4.69) is 29.5 Å². The fourth-order valence-electron chi connectivity index (χ4n) is 2.92. The molecule has 3 atom stereocenters. The summed E-state index contributed by atoms with van der Waals surface area (Å²) >= 11 is 0. The van der Waals surface area contributed by atoms with Gasteiger partial charge in [-0.1, -0.05) is 0 Å². The number of carbonyl (C=O) groups excluding carboxylic acids is 2. The molecule has 2 amide bonds. The standard InChI is InChI=1S/C13H23N3O2/c1-9(10-4-3-7-16(2)8-10)14-11-5-6-12(17)15-13(11)18/h9-11,14H,3-8H2,1-2H3,(H,15,17,18). The molecule has 0 aliphatic carbocycles. The van der Waals surface area contributed by atoms with Gasteiger partial charge < -0.3 is 10.2 Å². The molecule has 2 saturated heterocycles. The maximum Gasteiger partial charge on any atom is 0.243 e. The van der Waals surface area contributed by atoms with E-state index in [1.54, 1.807) is 0 Å². The summed E-state index contributed by atoms with van der Waals surface area (Å²) in [6.45, 7) is 4.40.